The molecule has 0 amide bonds. The highest BCUT2D eigenvalue weighted by Crippen LogP contribution is 2.25. The summed E-state index contributed by atoms with van der Waals surface area (Å²) < 4.78 is 6.08. The summed E-state index contributed by atoms with van der Waals surface area (Å²) >= 11 is 0. The van der Waals surface area contributed by atoms with Gasteiger partial charge in [-0.25, -0.2) is 9.59 Å². The second-order valence-electron chi connectivity index (χ2n) is 5.49. The van der Waals surface area contributed by atoms with Crippen molar-refractivity contribution < 1.29 is 24.5 Å². The Bertz CT molecular complexity index is 592. The third-order valence-electron chi connectivity index (χ3n) is 3.21. The molecule has 6 heteroatoms. The first-order valence-corrected chi connectivity index (χ1v) is 7.74. The average molecular weight is 345 g/mol. The van der Waals surface area contributed by atoms with Gasteiger partial charge in [0.25, 0.3) is 0 Å². The standard InChI is InChI=1S/C17H21NO.C2H2O4/c1-18(2)13-14-19-17(15-9-5-3-6-10-15)16-11-7-4-8-12-16;3-1(4)2(5)6/h3-12,17H,13-14H2,1-2H3;(H,3,4)(H,5,6). The Morgan fingerprint density at radius 1 is 0.880 bits per heavy atom. The molecular formula is C19H23NO5. The van der Waals surface area contributed by atoms with Crippen molar-refractivity contribution in [1.82, 2.24) is 4.90 Å². The quantitative estimate of drug-likeness (QED) is 0.782. The number of carbonyl (C=O) groups is 2. The fourth-order valence-corrected chi connectivity index (χ4v) is 1.99. The Kier molecular flexibility index (Phi) is 8.92. The lowest BCUT2D eigenvalue weighted by atomic mass is 10.0. The first-order valence-electron chi connectivity index (χ1n) is 7.74. The lowest BCUT2D eigenvalue weighted by Gasteiger charge is -2.20. The van der Waals surface area contributed by atoms with Crippen LogP contribution in [-0.4, -0.2) is 54.3 Å². The zero-order chi connectivity index (χ0) is 18.7. The van der Waals surface area contributed by atoms with Crippen LogP contribution in [0.4, 0.5) is 0 Å². The maximum Gasteiger partial charge on any atom is 0.414 e. The summed E-state index contributed by atoms with van der Waals surface area (Å²) in [6, 6.07) is 20.8. The lowest BCUT2D eigenvalue weighted by Crippen LogP contribution is -2.20. The van der Waals surface area contributed by atoms with E-state index in [1.807, 2.05) is 12.1 Å². The van der Waals surface area contributed by atoms with Gasteiger partial charge >= 0.3 is 11.9 Å². The van der Waals surface area contributed by atoms with Crippen LogP contribution in [0.1, 0.15) is 17.2 Å². The third kappa shape index (κ3) is 8.10. The van der Waals surface area contributed by atoms with Gasteiger partial charge in [0.05, 0.1) is 6.61 Å². The molecule has 0 spiro atoms. The first kappa shape index (κ1) is 20.3. The number of nitrogens with zero attached hydrogens (tertiary/aromatic N) is 1. The summed E-state index contributed by atoms with van der Waals surface area (Å²) in [6.07, 6.45) is 0.0161. The van der Waals surface area contributed by atoms with Gasteiger partial charge in [-0.3, -0.25) is 0 Å². The van der Waals surface area contributed by atoms with Gasteiger partial charge in [0.15, 0.2) is 0 Å². The summed E-state index contributed by atoms with van der Waals surface area (Å²) in [6.45, 7) is 1.65. The molecule has 0 radical (unpaired) electrons. The van der Waals surface area contributed by atoms with Crippen LogP contribution in [0.3, 0.4) is 0 Å². The minimum atomic E-state index is -1.82. The van der Waals surface area contributed by atoms with E-state index >= 15 is 0 Å². The number of likely N-dealkylation sites (N-methyl/N-ethyl adjacent to an activating group) is 1. The normalized spacial score (nSPS) is 10.2. The molecule has 2 aromatic rings. The molecule has 2 aromatic carbocycles. The van der Waals surface area contributed by atoms with E-state index in [1.165, 1.54) is 11.1 Å². The van der Waals surface area contributed by atoms with Gasteiger partial charge in [-0.2, -0.15) is 0 Å². The van der Waals surface area contributed by atoms with Crippen molar-refractivity contribution in [1.29, 1.82) is 0 Å². The number of rotatable bonds is 6. The van der Waals surface area contributed by atoms with Crippen molar-refractivity contribution in [3.05, 3.63) is 71.8 Å². The summed E-state index contributed by atoms with van der Waals surface area (Å²) in [5, 5.41) is 14.8. The number of hydrogen-bond donors (Lipinski definition) is 2. The van der Waals surface area contributed by atoms with Crippen LogP contribution >= 0.6 is 0 Å². The molecule has 0 heterocycles. The van der Waals surface area contributed by atoms with Crippen LogP contribution in [0, 0.1) is 0 Å². The zero-order valence-corrected chi connectivity index (χ0v) is 14.3. The molecule has 0 aliphatic carbocycles. The summed E-state index contributed by atoms with van der Waals surface area (Å²) in [4.78, 5) is 20.3. The van der Waals surface area contributed by atoms with E-state index in [4.69, 9.17) is 24.5 Å². The summed E-state index contributed by atoms with van der Waals surface area (Å²) in [7, 11) is 4.12. The number of hydrogen-bond acceptors (Lipinski definition) is 4. The fraction of sp³-hybridized carbons (Fsp3) is 0.263. The van der Waals surface area contributed by atoms with Crippen molar-refractivity contribution >= 4 is 11.9 Å². The molecule has 0 saturated carbocycles. The number of aliphatic carboxylic acids is 2. The Morgan fingerprint density at radius 2 is 1.28 bits per heavy atom. The summed E-state index contributed by atoms with van der Waals surface area (Å²) in [5.74, 6) is -3.65. The monoisotopic (exact) mass is 345 g/mol. The topological polar surface area (TPSA) is 87.1 Å². The number of ether oxygens (including phenoxy) is 1. The van der Waals surface area contributed by atoms with E-state index < -0.39 is 11.9 Å². The largest absolute Gasteiger partial charge is 0.473 e. The molecule has 2 N–H and O–H groups in total. The predicted octanol–water partition coefficient (Wildman–Crippen LogP) is 2.51. The molecule has 6 nitrogen and oxygen atoms in total. The smallest absolute Gasteiger partial charge is 0.414 e. The SMILES string of the molecule is CN(C)CCOC(c1ccccc1)c1ccccc1.O=C(O)C(=O)O. The van der Waals surface area contributed by atoms with Crippen LogP contribution in [-0.2, 0) is 14.3 Å². The minimum absolute atomic E-state index is 0.0161. The maximum absolute atomic E-state index is 9.10. The van der Waals surface area contributed by atoms with Gasteiger partial charge in [0, 0.05) is 6.54 Å². The number of benzene rings is 2. The van der Waals surface area contributed by atoms with E-state index in [-0.39, 0.29) is 6.10 Å². The minimum Gasteiger partial charge on any atom is -0.473 e. The fourth-order valence-electron chi connectivity index (χ4n) is 1.99. The van der Waals surface area contributed by atoms with Crippen molar-refractivity contribution in [2.24, 2.45) is 0 Å². The Balaban J connectivity index is 0.000000450. The van der Waals surface area contributed by atoms with Gasteiger partial charge in [0.2, 0.25) is 0 Å². The Hall–Kier alpha value is -2.70. The van der Waals surface area contributed by atoms with Crippen LogP contribution in [0.2, 0.25) is 0 Å². The first-order chi connectivity index (χ1) is 11.9. The Morgan fingerprint density at radius 3 is 1.60 bits per heavy atom. The van der Waals surface area contributed by atoms with Crippen molar-refractivity contribution in [3.63, 3.8) is 0 Å². The molecule has 0 aromatic heterocycles. The number of carboxylic acid groups (broad SMARTS) is 2. The third-order valence-corrected chi connectivity index (χ3v) is 3.21. The van der Waals surface area contributed by atoms with Gasteiger partial charge < -0.3 is 19.8 Å². The zero-order valence-electron chi connectivity index (χ0n) is 14.3. The molecule has 134 valence electrons. The highest BCUT2D eigenvalue weighted by molar-refractivity contribution is 6.27. The Labute approximate surface area is 147 Å². The van der Waals surface area contributed by atoms with Gasteiger partial charge in [0.1, 0.15) is 6.10 Å². The molecule has 0 atom stereocenters. The molecule has 0 unspecified atom stereocenters. The van der Waals surface area contributed by atoms with Crippen LogP contribution in [0.5, 0.6) is 0 Å². The van der Waals surface area contributed by atoms with Gasteiger partial charge in [-0.1, -0.05) is 60.7 Å². The van der Waals surface area contributed by atoms with Gasteiger partial charge in [-0.15, -0.1) is 0 Å². The number of carboxylic acids is 2. The molecule has 2 rings (SSSR count). The van der Waals surface area contributed by atoms with Crippen molar-refractivity contribution in [2.45, 2.75) is 6.10 Å². The highest BCUT2D eigenvalue weighted by Gasteiger charge is 2.13. The van der Waals surface area contributed by atoms with Crippen molar-refractivity contribution in [2.75, 3.05) is 27.2 Å². The highest BCUT2D eigenvalue weighted by atomic mass is 16.5. The lowest BCUT2D eigenvalue weighted by molar-refractivity contribution is -0.159. The molecule has 0 bridgehead atoms. The molecular weight excluding hydrogens is 322 g/mol. The second-order valence-corrected chi connectivity index (χ2v) is 5.49. The molecule has 25 heavy (non-hydrogen) atoms. The van der Waals surface area contributed by atoms with Crippen LogP contribution < -0.4 is 0 Å². The van der Waals surface area contributed by atoms with E-state index in [1.54, 1.807) is 0 Å². The molecule has 0 aliphatic heterocycles. The van der Waals surface area contributed by atoms with Crippen molar-refractivity contribution in [3.8, 4) is 0 Å². The van der Waals surface area contributed by atoms with Gasteiger partial charge in [-0.05, 0) is 25.2 Å². The van der Waals surface area contributed by atoms with E-state index in [9.17, 15) is 0 Å². The van der Waals surface area contributed by atoms with E-state index in [2.05, 4.69) is 67.5 Å². The predicted molar refractivity (Wildman–Crippen MR) is 94.5 cm³/mol. The maximum atomic E-state index is 9.10. The second kappa shape index (κ2) is 11.0. The van der Waals surface area contributed by atoms with E-state index in [0.717, 1.165) is 13.2 Å². The van der Waals surface area contributed by atoms with Crippen LogP contribution in [0.25, 0.3) is 0 Å². The summed E-state index contributed by atoms with van der Waals surface area (Å²) in [5.41, 5.74) is 2.40. The molecule has 0 saturated heterocycles. The molecule has 0 aliphatic rings. The van der Waals surface area contributed by atoms with Crippen LogP contribution in [0.15, 0.2) is 60.7 Å². The average Bonchev–Trinajstić information content (AvgIpc) is 2.60. The van der Waals surface area contributed by atoms with E-state index in [0.29, 0.717) is 0 Å². The molecule has 0 fully saturated rings.